The van der Waals surface area contributed by atoms with Gasteiger partial charge in [-0.3, -0.25) is 0 Å². The fourth-order valence-electron chi connectivity index (χ4n) is 3.25. The number of anilines is 1. The van der Waals surface area contributed by atoms with Crippen molar-refractivity contribution in [3.05, 3.63) is 10.6 Å². The molecule has 5 nitrogen and oxygen atoms in total. The zero-order valence-electron chi connectivity index (χ0n) is 12.6. The molecule has 0 amide bonds. The smallest absolute Gasteiger partial charge is 0.186 e. The average molecular weight is 329 g/mol. The van der Waals surface area contributed by atoms with Crippen molar-refractivity contribution in [2.45, 2.75) is 45.2 Å². The molecule has 0 saturated carbocycles. The van der Waals surface area contributed by atoms with E-state index in [1.54, 1.807) is 11.3 Å². The van der Waals surface area contributed by atoms with Gasteiger partial charge in [-0.1, -0.05) is 18.3 Å². The molecule has 0 spiro atoms. The summed E-state index contributed by atoms with van der Waals surface area (Å²) in [6, 6.07) is 0.447. The lowest BCUT2D eigenvalue weighted by Crippen LogP contribution is -2.47. The van der Waals surface area contributed by atoms with Crippen molar-refractivity contribution < 1.29 is 8.42 Å². The zero-order chi connectivity index (χ0) is 15.0. The maximum atomic E-state index is 11.7. The third kappa shape index (κ3) is 3.10. The molecule has 2 aliphatic rings. The SMILES string of the molecule is CCNC1CCCc2nc(N3CCS(=O)(=O)CC3C)sc21. The number of aromatic nitrogens is 1. The minimum atomic E-state index is -2.87. The summed E-state index contributed by atoms with van der Waals surface area (Å²) in [7, 11) is -2.87. The van der Waals surface area contributed by atoms with Crippen LogP contribution in [0.1, 0.15) is 43.3 Å². The molecule has 1 N–H and O–H groups in total. The van der Waals surface area contributed by atoms with Crippen molar-refractivity contribution in [1.29, 1.82) is 0 Å². The molecule has 0 aromatic carbocycles. The van der Waals surface area contributed by atoms with Crippen molar-refractivity contribution in [1.82, 2.24) is 10.3 Å². The fourth-order valence-corrected chi connectivity index (χ4v) is 6.16. The van der Waals surface area contributed by atoms with Gasteiger partial charge in [0, 0.05) is 23.5 Å². The molecule has 21 heavy (non-hydrogen) atoms. The summed E-state index contributed by atoms with van der Waals surface area (Å²) >= 11 is 1.75. The zero-order valence-corrected chi connectivity index (χ0v) is 14.3. The van der Waals surface area contributed by atoms with Crippen LogP contribution in [0, 0.1) is 0 Å². The molecule has 1 fully saturated rings. The van der Waals surface area contributed by atoms with Gasteiger partial charge in [-0.25, -0.2) is 13.4 Å². The number of hydrogen-bond acceptors (Lipinski definition) is 6. The Labute approximate surface area is 130 Å². The van der Waals surface area contributed by atoms with E-state index in [1.165, 1.54) is 23.4 Å². The topological polar surface area (TPSA) is 62.3 Å². The summed E-state index contributed by atoms with van der Waals surface area (Å²) < 4.78 is 23.4. The summed E-state index contributed by atoms with van der Waals surface area (Å²) in [6.45, 7) is 5.66. The number of aryl methyl sites for hydroxylation is 1. The quantitative estimate of drug-likeness (QED) is 0.915. The first-order valence-corrected chi connectivity index (χ1v) is 10.3. The first-order chi connectivity index (χ1) is 10.00. The van der Waals surface area contributed by atoms with E-state index in [-0.39, 0.29) is 17.5 Å². The van der Waals surface area contributed by atoms with E-state index < -0.39 is 9.84 Å². The maximum absolute atomic E-state index is 11.7. The van der Waals surface area contributed by atoms with Crippen molar-refractivity contribution >= 4 is 26.3 Å². The van der Waals surface area contributed by atoms with Gasteiger partial charge in [0.2, 0.25) is 0 Å². The number of nitrogens with zero attached hydrogens (tertiary/aromatic N) is 2. The van der Waals surface area contributed by atoms with Crippen molar-refractivity contribution in [2.75, 3.05) is 29.5 Å². The Balaban J connectivity index is 1.84. The summed E-state index contributed by atoms with van der Waals surface area (Å²) in [5, 5.41) is 4.54. The van der Waals surface area contributed by atoms with Gasteiger partial charge in [-0.15, -0.1) is 0 Å². The Morgan fingerprint density at radius 3 is 3.00 bits per heavy atom. The average Bonchev–Trinajstić information content (AvgIpc) is 2.82. The van der Waals surface area contributed by atoms with Crippen LogP contribution in [0.2, 0.25) is 0 Å². The second-order valence-corrected chi connectivity index (χ2v) is 9.20. The van der Waals surface area contributed by atoms with Crippen molar-refractivity contribution in [3.63, 3.8) is 0 Å². The summed E-state index contributed by atoms with van der Waals surface area (Å²) in [5.41, 5.74) is 1.22. The van der Waals surface area contributed by atoms with Crippen LogP contribution >= 0.6 is 11.3 Å². The molecular weight excluding hydrogens is 306 g/mol. The van der Waals surface area contributed by atoms with Crippen LogP contribution in [0.5, 0.6) is 0 Å². The molecule has 0 radical (unpaired) electrons. The molecule has 1 aromatic rings. The van der Waals surface area contributed by atoms with Crippen LogP contribution in [-0.2, 0) is 16.3 Å². The molecule has 1 aliphatic heterocycles. The van der Waals surface area contributed by atoms with Gasteiger partial charge in [-0.2, -0.15) is 0 Å². The van der Waals surface area contributed by atoms with Gasteiger partial charge in [-0.05, 0) is 32.7 Å². The Morgan fingerprint density at radius 2 is 2.29 bits per heavy atom. The van der Waals surface area contributed by atoms with Gasteiger partial charge in [0.15, 0.2) is 15.0 Å². The van der Waals surface area contributed by atoms with Crippen LogP contribution < -0.4 is 10.2 Å². The normalized spacial score (nSPS) is 28.4. The van der Waals surface area contributed by atoms with Crippen molar-refractivity contribution in [2.24, 2.45) is 0 Å². The molecule has 3 rings (SSSR count). The third-order valence-corrected chi connectivity index (χ3v) is 7.35. The fraction of sp³-hybridized carbons (Fsp3) is 0.786. The molecule has 1 saturated heterocycles. The number of nitrogens with one attached hydrogen (secondary N) is 1. The second kappa shape index (κ2) is 5.85. The van der Waals surface area contributed by atoms with E-state index in [4.69, 9.17) is 4.98 Å². The predicted molar refractivity (Wildman–Crippen MR) is 86.9 cm³/mol. The molecule has 1 aliphatic carbocycles. The highest BCUT2D eigenvalue weighted by molar-refractivity contribution is 7.91. The highest BCUT2D eigenvalue weighted by atomic mass is 32.2. The van der Waals surface area contributed by atoms with Crippen LogP contribution in [0.4, 0.5) is 5.13 Å². The summed E-state index contributed by atoms with van der Waals surface area (Å²) in [6.07, 6.45) is 3.40. The van der Waals surface area contributed by atoms with E-state index >= 15 is 0 Å². The van der Waals surface area contributed by atoms with E-state index in [1.807, 2.05) is 6.92 Å². The van der Waals surface area contributed by atoms with E-state index in [9.17, 15) is 8.42 Å². The Hall–Kier alpha value is -0.660. The lowest BCUT2D eigenvalue weighted by molar-refractivity contribution is 0.476. The molecule has 2 heterocycles. The lowest BCUT2D eigenvalue weighted by atomic mass is 9.98. The number of fused-ring (bicyclic) bond motifs is 1. The number of sulfone groups is 1. The van der Waals surface area contributed by atoms with Gasteiger partial charge < -0.3 is 10.2 Å². The third-order valence-electron chi connectivity index (χ3n) is 4.31. The highest BCUT2D eigenvalue weighted by Crippen LogP contribution is 2.38. The van der Waals surface area contributed by atoms with Gasteiger partial charge in [0.1, 0.15) is 0 Å². The first-order valence-electron chi connectivity index (χ1n) is 7.70. The minimum Gasteiger partial charge on any atom is -0.343 e. The second-order valence-electron chi connectivity index (χ2n) is 5.97. The Kier molecular flexibility index (Phi) is 4.25. The monoisotopic (exact) mass is 329 g/mol. The number of hydrogen-bond donors (Lipinski definition) is 1. The Bertz CT molecular complexity index is 612. The highest BCUT2D eigenvalue weighted by Gasteiger charge is 2.32. The molecule has 1 aromatic heterocycles. The van der Waals surface area contributed by atoms with Crippen LogP contribution in [-0.4, -0.2) is 44.0 Å². The molecule has 0 bridgehead atoms. The van der Waals surface area contributed by atoms with Crippen molar-refractivity contribution in [3.8, 4) is 0 Å². The Morgan fingerprint density at radius 1 is 1.48 bits per heavy atom. The summed E-state index contributed by atoms with van der Waals surface area (Å²) in [4.78, 5) is 8.35. The van der Waals surface area contributed by atoms with E-state index in [0.29, 0.717) is 12.6 Å². The maximum Gasteiger partial charge on any atom is 0.186 e. The largest absolute Gasteiger partial charge is 0.343 e. The van der Waals surface area contributed by atoms with Crippen LogP contribution in [0.25, 0.3) is 0 Å². The van der Waals surface area contributed by atoms with Crippen LogP contribution in [0.15, 0.2) is 0 Å². The minimum absolute atomic E-state index is 0.0222. The predicted octanol–water partition coefficient (Wildman–Crippen LogP) is 1.75. The molecule has 2 atom stereocenters. The van der Waals surface area contributed by atoms with Gasteiger partial charge >= 0.3 is 0 Å². The van der Waals surface area contributed by atoms with Gasteiger partial charge in [0.05, 0.1) is 17.2 Å². The summed E-state index contributed by atoms with van der Waals surface area (Å²) in [5.74, 6) is 0.492. The molecule has 7 heteroatoms. The standard InChI is InChI=1S/C14H23N3O2S2/c1-3-15-11-5-4-6-12-13(11)20-14(16-12)17-7-8-21(18,19)9-10(17)2/h10-11,15H,3-9H2,1-2H3. The molecular formula is C14H23N3O2S2. The van der Waals surface area contributed by atoms with Gasteiger partial charge in [0.25, 0.3) is 0 Å². The lowest BCUT2D eigenvalue weighted by Gasteiger charge is -2.32. The first kappa shape index (κ1) is 15.2. The van der Waals surface area contributed by atoms with E-state index in [0.717, 1.165) is 18.1 Å². The van der Waals surface area contributed by atoms with Crippen LogP contribution in [0.3, 0.4) is 0 Å². The molecule has 2 unspecified atom stereocenters. The molecule has 118 valence electrons. The van der Waals surface area contributed by atoms with E-state index in [2.05, 4.69) is 17.1 Å². The number of thiazole rings is 1. The number of rotatable bonds is 3.